The van der Waals surface area contributed by atoms with Crippen molar-refractivity contribution in [2.24, 2.45) is 0 Å². The summed E-state index contributed by atoms with van der Waals surface area (Å²) in [7, 11) is 4.56. The highest BCUT2D eigenvalue weighted by molar-refractivity contribution is 6.40. The van der Waals surface area contributed by atoms with E-state index in [2.05, 4.69) is 59.9 Å². The molecule has 2 heteroatoms. The van der Waals surface area contributed by atoms with Gasteiger partial charge in [0, 0.05) is 0 Å². The highest BCUT2D eigenvalue weighted by atomic mass is 14.2. The molecule has 1 aromatic carbocycles. The quantitative estimate of drug-likeness (QED) is 0.567. The lowest BCUT2D eigenvalue weighted by Gasteiger charge is -2.27. The molecule has 62 valence electrons. The summed E-state index contributed by atoms with van der Waals surface area (Å²) >= 11 is 0. The number of rotatable bonds is 2. The van der Waals surface area contributed by atoms with Gasteiger partial charge in [0.15, 0.2) is 0 Å². The summed E-state index contributed by atoms with van der Waals surface area (Å²) < 4.78 is 0. The van der Waals surface area contributed by atoms with Gasteiger partial charge < -0.3 is 0 Å². The second kappa shape index (κ2) is 3.38. The van der Waals surface area contributed by atoms with E-state index in [4.69, 9.17) is 0 Å². The average Bonchev–Trinajstić information content (AvgIpc) is 2.03. The number of hydrogen-bond donors (Lipinski definition) is 0. The number of benzene rings is 1. The molecule has 0 aliphatic carbocycles. The molecule has 1 unspecified atom stereocenters. The zero-order valence-corrected chi connectivity index (χ0v) is 8.46. The average molecular weight is 158 g/mol. The van der Waals surface area contributed by atoms with E-state index < -0.39 is 0 Å². The molecule has 1 aromatic rings. The second-order valence-corrected chi connectivity index (χ2v) is 4.50. The van der Waals surface area contributed by atoms with Crippen LogP contribution in [0.1, 0.15) is 25.3 Å². The Morgan fingerprint density at radius 1 is 1.17 bits per heavy atom. The summed E-state index contributed by atoms with van der Waals surface area (Å²) in [5, 5.41) is 0.362. The van der Waals surface area contributed by atoms with Gasteiger partial charge in [-0.15, -0.1) is 0 Å². The summed E-state index contributed by atoms with van der Waals surface area (Å²) in [5.41, 5.74) is 1.44. The molecule has 0 aliphatic rings. The maximum atomic E-state index is 2.29. The lowest BCUT2D eigenvalue weighted by Crippen LogP contribution is -2.16. The Balaban J connectivity index is 2.86. The van der Waals surface area contributed by atoms with Gasteiger partial charge in [-0.05, 0) is 11.5 Å². The van der Waals surface area contributed by atoms with Crippen LogP contribution < -0.4 is 0 Å². The predicted octanol–water partition coefficient (Wildman–Crippen LogP) is 1.19. The Morgan fingerprint density at radius 3 is 2.08 bits per heavy atom. The second-order valence-electron chi connectivity index (χ2n) is 4.50. The third-order valence-electron chi connectivity index (χ3n) is 2.60. The van der Waals surface area contributed by atoms with Gasteiger partial charge >= 0.3 is 0 Å². The summed E-state index contributed by atoms with van der Waals surface area (Å²) in [5.74, 6) is 0.624. The third kappa shape index (κ3) is 2.17. The molecule has 1 atom stereocenters. The Kier molecular flexibility index (Phi) is 2.66. The maximum absolute atomic E-state index is 2.29. The van der Waals surface area contributed by atoms with Gasteiger partial charge in [-0.1, -0.05) is 49.4 Å². The van der Waals surface area contributed by atoms with Crippen LogP contribution in [0, 0.1) is 0 Å². The van der Waals surface area contributed by atoms with Crippen molar-refractivity contribution in [1.82, 2.24) is 0 Å². The van der Waals surface area contributed by atoms with Crippen LogP contribution in [0.4, 0.5) is 0 Å². The van der Waals surface area contributed by atoms with Crippen molar-refractivity contribution in [2.75, 3.05) is 0 Å². The van der Waals surface area contributed by atoms with E-state index in [-0.39, 0.29) is 0 Å². The van der Waals surface area contributed by atoms with E-state index >= 15 is 0 Å². The first-order valence-corrected chi connectivity index (χ1v) is 4.57. The molecule has 0 N–H and O–H groups in total. The van der Waals surface area contributed by atoms with Crippen LogP contribution in [0.5, 0.6) is 0 Å². The Hall–Kier alpha value is -0.650. The Morgan fingerprint density at radius 2 is 1.67 bits per heavy atom. The topological polar surface area (TPSA) is 0 Å². The smallest absolute Gasteiger partial charge is 0.0809 e. The van der Waals surface area contributed by atoms with Gasteiger partial charge in [-0.25, -0.2) is 0 Å². The van der Waals surface area contributed by atoms with Crippen LogP contribution in [-0.4, -0.2) is 15.7 Å². The van der Waals surface area contributed by atoms with Crippen LogP contribution in [0.15, 0.2) is 30.3 Å². The van der Waals surface area contributed by atoms with E-state index in [1.807, 2.05) is 0 Å². The van der Waals surface area contributed by atoms with E-state index in [0.29, 0.717) is 11.1 Å². The van der Waals surface area contributed by atoms with E-state index in [9.17, 15) is 0 Å². The standard InChI is InChI=1S/C10H16B2/c1-8(10(2,11)12)9-6-4-3-5-7-9/h3-8H,11-12H2,1-2H3. The molecule has 1 rings (SSSR count). The SMILES string of the molecule is BC(B)(C)C(C)c1ccccc1. The lowest BCUT2D eigenvalue weighted by molar-refractivity contribution is 0.673. The van der Waals surface area contributed by atoms with E-state index in [1.54, 1.807) is 0 Å². The van der Waals surface area contributed by atoms with Gasteiger partial charge in [-0.3, -0.25) is 0 Å². The van der Waals surface area contributed by atoms with Crippen LogP contribution >= 0.6 is 0 Å². The van der Waals surface area contributed by atoms with Crippen molar-refractivity contribution in [2.45, 2.75) is 25.0 Å². The maximum Gasteiger partial charge on any atom is 0.0996 e. The zero-order chi connectivity index (χ0) is 9.19. The van der Waals surface area contributed by atoms with Crippen molar-refractivity contribution in [3.8, 4) is 0 Å². The van der Waals surface area contributed by atoms with Crippen molar-refractivity contribution >= 4 is 15.7 Å². The van der Waals surface area contributed by atoms with Gasteiger partial charge in [0.1, 0.15) is 0 Å². The van der Waals surface area contributed by atoms with Crippen molar-refractivity contribution in [1.29, 1.82) is 0 Å². The fraction of sp³-hybridized carbons (Fsp3) is 0.400. The normalized spacial score (nSPS) is 14.2. The summed E-state index contributed by atoms with van der Waals surface area (Å²) in [6.45, 7) is 4.57. The predicted molar refractivity (Wildman–Crippen MR) is 60.3 cm³/mol. The minimum atomic E-state index is 0.362. The molecule has 0 aliphatic heterocycles. The van der Waals surface area contributed by atoms with Crippen LogP contribution in [0.2, 0.25) is 5.21 Å². The first-order chi connectivity index (χ1) is 5.52. The fourth-order valence-electron chi connectivity index (χ4n) is 1.24. The molecule has 0 nitrogen and oxygen atoms in total. The monoisotopic (exact) mass is 158 g/mol. The number of hydrogen-bond acceptors (Lipinski definition) is 0. The van der Waals surface area contributed by atoms with E-state index in [1.165, 1.54) is 5.56 Å². The molecular weight excluding hydrogens is 142 g/mol. The van der Waals surface area contributed by atoms with Gasteiger partial charge in [-0.2, -0.15) is 0 Å². The Labute approximate surface area is 77.2 Å². The minimum Gasteiger partial charge on any atom is -0.0809 e. The Bertz CT molecular complexity index is 236. The van der Waals surface area contributed by atoms with Crippen LogP contribution in [0.3, 0.4) is 0 Å². The first kappa shape index (κ1) is 9.44. The van der Waals surface area contributed by atoms with Crippen molar-refractivity contribution in [3.05, 3.63) is 35.9 Å². The molecule has 0 heterocycles. The molecule has 0 spiro atoms. The summed E-state index contributed by atoms with van der Waals surface area (Å²) in [6, 6.07) is 10.7. The fourth-order valence-corrected chi connectivity index (χ4v) is 1.24. The van der Waals surface area contributed by atoms with Gasteiger partial charge in [0.25, 0.3) is 0 Å². The molecule has 12 heavy (non-hydrogen) atoms. The molecule has 0 saturated heterocycles. The third-order valence-corrected chi connectivity index (χ3v) is 2.60. The molecular formula is C10H16B2. The largest absolute Gasteiger partial charge is 0.0996 e. The lowest BCUT2D eigenvalue weighted by atomic mass is 9.49. The molecule has 0 amide bonds. The highest BCUT2D eigenvalue weighted by Gasteiger charge is 2.20. The first-order valence-electron chi connectivity index (χ1n) is 4.57. The molecule has 0 bridgehead atoms. The van der Waals surface area contributed by atoms with E-state index in [0.717, 1.165) is 0 Å². The summed E-state index contributed by atoms with van der Waals surface area (Å²) in [6.07, 6.45) is 0. The molecule has 0 fully saturated rings. The minimum absolute atomic E-state index is 0.362. The van der Waals surface area contributed by atoms with Gasteiger partial charge in [0.05, 0.1) is 15.7 Å². The molecule has 0 saturated carbocycles. The van der Waals surface area contributed by atoms with Crippen LogP contribution in [-0.2, 0) is 0 Å². The van der Waals surface area contributed by atoms with Crippen LogP contribution in [0.25, 0.3) is 0 Å². The van der Waals surface area contributed by atoms with Gasteiger partial charge in [0.2, 0.25) is 0 Å². The molecule has 0 radical (unpaired) electrons. The summed E-state index contributed by atoms with van der Waals surface area (Å²) in [4.78, 5) is 0. The van der Waals surface area contributed by atoms with Crippen molar-refractivity contribution < 1.29 is 0 Å². The molecule has 0 aromatic heterocycles. The highest BCUT2D eigenvalue weighted by Crippen LogP contribution is 2.34. The van der Waals surface area contributed by atoms with Crippen molar-refractivity contribution in [3.63, 3.8) is 0 Å². The zero-order valence-electron chi connectivity index (χ0n) is 8.46.